The minimum Gasteiger partial charge on any atom is -0.289 e. The molecule has 1 nitrogen and oxygen atoms in total. The first kappa shape index (κ1) is 18.1. The van der Waals surface area contributed by atoms with Gasteiger partial charge in [-0.25, -0.2) is 8.78 Å². The maximum atomic E-state index is 13.1. The maximum absolute atomic E-state index is 13.1. The van der Waals surface area contributed by atoms with Gasteiger partial charge in [-0.1, -0.05) is 30.3 Å². The first-order valence-corrected chi connectivity index (χ1v) is 5.63. The van der Waals surface area contributed by atoms with Crippen LogP contribution in [0.4, 0.5) is 35.1 Å². The highest BCUT2D eigenvalue weighted by Gasteiger charge is 2.74. The summed E-state index contributed by atoms with van der Waals surface area (Å²) in [6.45, 7) is 0. The number of carbonyl (C=O) groups is 1. The fourth-order valence-electron chi connectivity index (χ4n) is 1.34. The van der Waals surface area contributed by atoms with Crippen LogP contribution >= 0.6 is 0 Å². The Labute approximate surface area is 119 Å². The quantitative estimate of drug-likeness (QED) is 0.423. The van der Waals surface area contributed by atoms with Crippen LogP contribution in [0.15, 0.2) is 42.5 Å². The molecule has 1 rings (SSSR count). The topological polar surface area (TPSA) is 17.1 Å². The van der Waals surface area contributed by atoms with Gasteiger partial charge in [0.05, 0.1) is 0 Å². The van der Waals surface area contributed by atoms with Crippen LogP contribution in [0, 0.1) is 0 Å². The molecule has 0 aromatic heterocycles. The highest BCUT2D eigenvalue weighted by atomic mass is 19.4. The summed E-state index contributed by atoms with van der Waals surface area (Å²) in [6.07, 6.45) is -5.87. The van der Waals surface area contributed by atoms with Crippen LogP contribution in [0.2, 0.25) is 0 Å². The molecule has 122 valence electrons. The van der Waals surface area contributed by atoms with Gasteiger partial charge in [0.15, 0.2) is 5.78 Å². The van der Waals surface area contributed by atoms with E-state index in [1.807, 2.05) is 0 Å². The average molecular weight is 332 g/mol. The highest BCUT2D eigenvalue weighted by molar-refractivity contribution is 6.04. The van der Waals surface area contributed by atoms with Crippen LogP contribution in [0.5, 0.6) is 0 Å². The van der Waals surface area contributed by atoms with Crippen molar-refractivity contribution in [3.05, 3.63) is 48.0 Å². The normalized spacial score (nSPS) is 13.9. The second kappa shape index (κ2) is 6.05. The third kappa shape index (κ3) is 3.28. The van der Waals surface area contributed by atoms with Gasteiger partial charge in [-0.3, -0.25) is 4.79 Å². The lowest BCUT2D eigenvalue weighted by Gasteiger charge is -2.30. The van der Waals surface area contributed by atoms with Crippen LogP contribution in [-0.4, -0.2) is 30.0 Å². The zero-order chi connectivity index (χ0) is 17.2. The number of halogens is 8. The lowest BCUT2D eigenvalue weighted by molar-refractivity contribution is -0.325. The monoisotopic (exact) mass is 332 g/mol. The molecule has 0 aliphatic carbocycles. The summed E-state index contributed by atoms with van der Waals surface area (Å²) in [4.78, 5) is 11.4. The number of rotatable bonds is 6. The fourth-order valence-corrected chi connectivity index (χ4v) is 1.34. The van der Waals surface area contributed by atoms with Gasteiger partial charge in [0.25, 0.3) is 0 Å². The SMILES string of the molecule is O=C(/C=C/C(F)(F)C(F)(F)C(F)(F)C(F)F)c1ccccc1. The number of ketones is 1. The first-order chi connectivity index (χ1) is 9.93. The molecule has 0 heterocycles. The molecule has 0 spiro atoms. The van der Waals surface area contributed by atoms with Gasteiger partial charge in [0.1, 0.15) is 0 Å². The van der Waals surface area contributed by atoms with E-state index in [1.165, 1.54) is 18.2 Å². The van der Waals surface area contributed by atoms with Gasteiger partial charge in [-0.05, 0) is 12.2 Å². The number of benzene rings is 1. The summed E-state index contributed by atoms with van der Waals surface area (Å²) < 4.78 is 101. The van der Waals surface area contributed by atoms with Crippen molar-refractivity contribution in [3.8, 4) is 0 Å². The molecule has 0 saturated heterocycles. The molecule has 0 bridgehead atoms. The van der Waals surface area contributed by atoms with Gasteiger partial charge >= 0.3 is 24.2 Å². The van der Waals surface area contributed by atoms with Gasteiger partial charge in [0, 0.05) is 5.56 Å². The van der Waals surface area contributed by atoms with Crippen molar-refractivity contribution in [1.82, 2.24) is 0 Å². The highest BCUT2D eigenvalue weighted by Crippen LogP contribution is 2.49. The van der Waals surface area contributed by atoms with Crippen molar-refractivity contribution in [2.45, 2.75) is 24.2 Å². The van der Waals surface area contributed by atoms with Crippen molar-refractivity contribution < 1.29 is 39.9 Å². The summed E-state index contributed by atoms with van der Waals surface area (Å²) in [5, 5.41) is 0. The summed E-state index contributed by atoms with van der Waals surface area (Å²) in [5.74, 6) is -19.4. The van der Waals surface area contributed by atoms with Crippen LogP contribution < -0.4 is 0 Å². The van der Waals surface area contributed by atoms with Crippen LogP contribution in [0.3, 0.4) is 0 Å². The molecule has 0 amide bonds. The van der Waals surface area contributed by atoms with E-state index in [9.17, 15) is 39.9 Å². The minimum absolute atomic E-state index is 0.0647. The van der Waals surface area contributed by atoms with E-state index in [0.29, 0.717) is 0 Å². The van der Waals surface area contributed by atoms with E-state index in [1.54, 1.807) is 0 Å². The van der Waals surface area contributed by atoms with E-state index in [0.717, 1.165) is 12.1 Å². The van der Waals surface area contributed by atoms with Crippen molar-refractivity contribution in [2.24, 2.45) is 0 Å². The number of carbonyl (C=O) groups excluding carboxylic acids is 1. The molecular formula is C13H8F8O. The molecule has 0 unspecified atom stereocenters. The van der Waals surface area contributed by atoms with E-state index in [-0.39, 0.29) is 11.6 Å². The molecule has 0 N–H and O–H groups in total. The lowest BCUT2D eigenvalue weighted by atomic mass is 10.0. The number of hydrogen-bond acceptors (Lipinski definition) is 1. The molecule has 0 atom stereocenters. The van der Waals surface area contributed by atoms with Crippen molar-refractivity contribution >= 4 is 5.78 Å². The molecular weight excluding hydrogens is 324 g/mol. The van der Waals surface area contributed by atoms with Crippen molar-refractivity contribution in [3.63, 3.8) is 0 Å². The van der Waals surface area contributed by atoms with Crippen LogP contribution in [-0.2, 0) is 0 Å². The van der Waals surface area contributed by atoms with Gasteiger partial charge in [0.2, 0.25) is 0 Å². The molecule has 0 fully saturated rings. The Morgan fingerprint density at radius 3 is 1.91 bits per heavy atom. The standard InChI is InChI=1S/C13H8F8O/c14-10(15)12(18,19)13(20,21)11(16,17)7-6-9(22)8-4-2-1-3-5-8/h1-7,10H/b7-6+. The van der Waals surface area contributed by atoms with Gasteiger partial charge < -0.3 is 0 Å². The zero-order valence-electron chi connectivity index (χ0n) is 10.6. The van der Waals surface area contributed by atoms with Crippen molar-refractivity contribution in [1.29, 1.82) is 0 Å². The third-order valence-corrected chi connectivity index (χ3v) is 2.61. The Morgan fingerprint density at radius 2 is 1.45 bits per heavy atom. The summed E-state index contributed by atoms with van der Waals surface area (Å²) in [5.41, 5.74) is -0.168. The third-order valence-electron chi connectivity index (χ3n) is 2.61. The fraction of sp³-hybridized carbons (Fsp3) is 0.308. The molecule has 0 aliphatic rings. The summed E-state index contributed by atoms with van der Waals surface area (Å²) in [6, 6.07) is 6.50. The van der Waals surface area contributed by atoms with E-state index < -0.39 is 36.1 Å². The van der Waals surface area contributed by atoms with Gasteiger partial charge in [-0.15, -0.1) is 0 Å². The first-order valence-electron chi connectivity index (χ1n) is 5.63. The maximum Gasteiger partial charge on any atom is 0.381 e. The summed E-state index contributed by atoms with van der Waals surface area (Å²) >= 11 is 0. The Hall–Kier alpha value is -1.93. The predicted octanol–water partition coefficient (Wildman–Crippen LogP) is 4.60. The molecule has 0 aliphatic heterocycles. The minimum atomic E-state index is -6.36. The number of hydrogen-bond donors (Lipinski definition) is 0. The smallest absolute Gasteiger partial charge is 0.289 e. The molecule has 1 aromatic carbocycles. The van der Waals surface area contributed by atoms with Gasteiger partial charge in [-0.2, -0.15) is 26.3 Å². The van der Waals surface area contributed by atoms with Crippen molar-refractivity contribution in [2.75, 3.05) is 0 Å². The average Bonchev–Trinajstić information content (AvgIpc) is 2.45. The summed E-state index contributed by atoms with van der Waals surface area (Å²) in [7, 11) is 0. The molecule has 22 heavy (non-hydrogen) atoms. The number of alkyl halides is 8. The zero-order valence-corrected chi connectivity index (χ0v) is 10.6. The Bertz CT molecular complexity index is 550. The predicted molar refractivity (Wildman–Crippen MR) is 60.8 cm³/mol. The van der Waals surface area contributed by atoms with E-state index in [2.05, 4.69) is 0 Å². The Balaban J connectivity index is 3.04. The Kier molecular flexibility index (Phi) is 4.99. The van der Waals surface area contributed by atoms with E-state index in [4.69, 9.17) is 0 Å². The second-order valence-electron chi connectivity index (χ2n) is 4.18. The largest absolute Gasteiger partial charge is 0.381 e. The molecule has 1 aromatic rings. The lowest BCUT2D eigenvalue weighted by Crippen LogP contribution is -2.56. The molecule has 9 heteroatoms. The second-order valence-corrected chi connectivity index (χ2v) is 4.18. The Morgan fingerprint density at radius 1 is 0.955 bits per heavy atom. The molecule has 0 saturated carbocycles. The van der Waals surface area contributed by atoms with E-state index >= 15 is 0 Å². The number of allylic oxidation sites excluding steroid dienone is 2. The van der Waals surface area contributed by atoms with Crippen LogP contribution in [0.25, 0.3) is 0 Å². The molecule has 0 radical (unpaired) electrons. The van der Waals surface area contributed by atoms with Crippen LogP contribution in [0.1, 0.15) is 10.4 Å².